The third-order valence-electron chi connectivity index (χ3n) is 2.89. The molecule has 98 valence electrons. The fraction of sp³-hybridized carbons (Fsp3) is 0.286. The molecule has 0 saturated carbocycles. The van der Waals surface area contributed by atoms with Gasteiger partial charge in [0.25, 0.3) is 0 Å². The molecule has 1 aromatic rings. The summed E-state index contributed by atoms with van der Waals surface area (Å²) < 4.78 is 0. The average molecular weight is 277 g/mol. The Morgan fingerprint density at radius 3 is 2.79 bits per heavy atom. The van der Waals surface area contributed by atoms with Crippen LogP contribution in [0.4, 0.5) is 5.69 Å². The zero-order chi connectivity index (χ0) is 14.0. The highest BCUT2D eigenvalue weighted by Crippen LogP contribution is 2.32. The number of amides is 2. The summed E-state index contributed by atoms with van der Waals surface area (Å²) in [5, 5.41) is 0.356. The van der Waals surface area contributed by atoms with Gasteiger partial charge in [-0.1, -0.05) is 30.4 Å². The molecule has 19 heavy (non-hydrogen) atoms. The van der Waals surface area contributed by atoms with Crippen LogP contribution in [0.5, 0.6) is 0 Å². The van der Waals surface area contributed by atoms with Crippen LogP contribution in [0.2, 0.25) is 5.02 Å². The summed E-state index contributed by atoms with van der Waals surface area (Å²) in [4.78, 5) is 25.0. The smallest absolute Gasteiger partial charge is 0.237 e. The summed E-state index contributed by atoms with van der Waals surface area (Å²) >= 11 is 6.07. The van der Waals surface area contributed by atoms with Gasteiger partial charge in [-0.3, -0.25) is 9.59 Å². The van der Waals surface area contributed by atoms with Crippen LogP contribution < -0.4 is 10.6 Å². The molecule has 1 heterocycles. The molecule has 0 spiro atoms. The van der Waals surface area contributed by atoms with Crippen LogP contribution in [0.25, 0.3) is 0 Å². The second-order valence-electron chi connectivity index (χ2n) is 4.34. The first-order valence-electron chi connectivity index (χ1n) is 5.90. The van der Waals surface area contributed by atoms with Crippen molar-refractivity contribution in [3.63, 3.8) is 0 Å². The Balaban J connectivity index is 2.44. The number of nitrogens with two attached hydrogens (primary N) is 1. The molecule has 0 radical (unpaired) electrons. The van der Waals surface area contributed by atoms with Gasteiger partial charge in [-0.25, -0.2) is 4.90 Å². The average Bonchev–Trinajstić information content (AvgIpc) is 2.63. The predicted octanol–water partition coefficient (Wildman–Crippen LogP) is 1.55. The molecule has 1 saturated heterocycles. The van der Waals surface area contributed by atoms with Gasteiger partial charge in [-0.05, 0) is 18.2 Å². The van der Waals surface area contributed by atoms with Gasteiger partial charge < -0.3 is 5.73 Å². The number of halogens is 1. The number of carbonyl (C=O) groups excluding carboxylic acids is 2. The summed E-state index contributed by atoms with van der Waals surface area (Å²) in [7, 11) is 0. The number of imide groups is 1. The topological polar surface area (TPSA) is 63.4 Å². The Hall–Kier alpha value is -1.83. The fourth-order valence-corrected chi connectivity index (χ4v) is 2.15. The Labute approximate surface area is 116 Å². The van der Waals surface area contributed by atoms with E-state index in [0.717, 1.165) is 4.90 Å². The maximum atomic E-state index is 12.0. The van der Waals surface area contributed by atoms with Crippen molar-refractivity contribution in [3.8, 4) is 11.8 Å². The Morgan fingerprint density at radius 1 is 1.47 bits per heavy atom. The maximum absolute atomic E-state index is 12.0. The van der Waals surface area contributed by atoms with Crippen LogP contribution in [-0.2, 0) is 9.59 Å². The lowest BCUT2D eigenvalue weighted by Gasteiger charge is -2.16. The molecule has 0 aliphatic carbocycles. The van der Waals surface area contributed by atoms with Gasteiger partial charge in [-0.15, -0.1) is 0 Å². The minimum absolute atomic E-state index is 0.216. The lowest BCUT2D eigenvalue weighted by Crippen LogP contribution is -2.30. The third kappa shape index (κ3) is 2.62. The molecule has 0 bridgehead atoms. The molecule has 1 aromatic carbocycles. The largest absolute Gasteiger partial charge is 0.320 e. The molecule has 2 amide bonds. The number of hydrogen-bond acceptors (Lipinski definition) is 3. The van der Waals surface area contributed by atoms with E-state index in [-0.39, 0.29) is 30.7 Å². The van der Waals surface area contributed by atoms with E-state index in [2.05, 4.69) is 11.8 Å². The van der Waals surface area contributed by atoms with Crippen molar-refractivity contribution in [2.24, 2.45) is 11.7 Å². The lowest BCUT2D eigenvalue weighted by molar-refractivity contribution is -0.122. The SMILES string of the molecule is CC1CC(=O)N(c2cc(C#CCN)ccc2Cl)C1=O. The Bertz CT molecular complexity index is 601. The fourth-order valence-electron chi connectivity index (χ4n) is 1.95. The molecule has 1 fully saturated rings. The normalized spacial score (nSPS) is 18.5. The van der Waals surface area contributed by atoms with E-state index in [0.29, 0.717) is 16.3 Å². The number of hydrogen-bond donors (Lipinski definition) is 1. The van der Waals surface area contributed by atoms with Gasteiger partial charge in [0.1, 0.15) is 0 Å². The van der Waals surface area contributed by atoms with Crippen molar-refractivity contribution in [2.75, 3.05) is 11.4 Å². The quantitative estimate of drug-likeness (QED) is 0.625. The van der Waals surface area contributed by atoms with E-state index >= 15 is 0 Å². The summed E-state index contributed by atoms with van der Waals surface area (Å²) in [5.41, 5.74) is 6.38. The van der Waals surface area contributed by atoms with Crippen molar-refractivity contribution >= 4 is 29.1 Å². The molecule has 1 aliphatic heterocycles. The van der Waals surface area contributed by atoms with Crippen molar-refractivity contribution in [2.45, 2.75) is 13.3 Å². The number of carbonyl (C=O) groups is 2. The van der Waals surface area contributed by atoms with Crippen molar-refractivity contribution in [1.29, 1.82) is 0 Å². The molecular formula is C14H13ClN2O2. The first kappa shape index (κ1) is 13.6. The number of benzene rings is 1. The van der Waals surface area contributed by atoms with Crippen LogP contribution in [0.3, 0.4) is 0 Å². The first-order valence-corrected chi connectivity index (χ1v) is 6.27. The number of rotatable bonds is 1. The lowest BCUT2D eigenvalue weighted by atomic mass is 10.1. The molecule has 2 N–H and O–H groups in total. The molecule has 1 unspecified atom stereocenters. The van der Waals surface area contributed by atoms with Gasteiger partial charge in [0, 0.05) is 17.9 Å². The third-order valence-corrected chi connectivity index (χ3v) is 3.21. The molecular weight excluding hydrogens is 264 g/mol. The van der Waals surface area contributed by atoms with Gasteiger partial charge in [0.15, 0.2) is 0 Å². The standard InChI is InChI=1S/C14H13ClN2O2/c1-9-7-13(18)17(14(9)19)12-8-10(3-2-6-16)4-5-11(12)15/h4-5,8-9H,6-7,16H2,1H3. The van der Waals surface area contributed by atoms with Gasteiger partial charge in [0.05, 0.1) is 17.3 Å². The van der Waals surface area contributed by atoms with Crippen LogP contribution in [0.1, 0.15) is 18.9 Å². The highest BCUT2D eigenvalue weighted by atomic mass is 35.5. The molecule has 4 nitrogen and oxygen atoms in total. The second-order valence-corrected chi connectivity index (χ2v) is 4.75. The Kier molecular flexibility index (Phi) is 3.89. The highest BCUT2D eigenvalue weighted by molar-refractivity contribution is 6.35. The predicted molar refractivity (Wildman–Crippen MR) is 73.7 cm³/mol. The van der Waals surface area contributed by atoms with Crippen molar-refractivity contribution in [3.05, 3.63) is 28.8 Å². The molecule has 5 heteroatoms. The van der Waals surface area contributed by atoms with Gasteiger partial charge >= 0.3 is 0 Å². The number of anilines is 1. The van der Waals surface area contributed by atoms with E-state index in [1.807, 2.05) is 0 Å². The summed E-state index contributed by atoms with van der Waals surface area (Å²) in [6, 6.07) is 4.99. The summed E-state index contributed by atoms with van der Waals surface area (Å²) in [6.07, 6.45) is 0.216. The van der Waals surface area contributed by atoms with Crippen LogP contribution in [-0.4, -0.2) is 18.4 Å². The van der Waals surface area contributed by atoms with E-state index in [1.54, 1.807) is 25.1 Å². The van der Waals surface area contributed by atoms with E-state index in [9.17, 15) is 9.59 Å². The minimum Gasteiger partial charge on any atom is -0.320 e. The summed E-state index contributed by atoms with van der Waals surface area (Å²) in [6.45, 7) is 1.97. The zero-order valence-electron chi connectivity index (χ0n) is 10.4. The van der Waals surface area contributed by atoms with E-state index in [1.165, 1.54) is 0 Å². The Morgan fingerprint density at radius 2 is 2.21 bits per heavy atom. The van der Waals surface area contributed by atoms with Crippen LogP contribution >= 0.6 is 11.6 Å². The molecule has 1 atom stereocenters. The van der Waals surface area contributed by atoms with Gasteiger partial charge in [-0.2, -0.15) is 0 Å². The van der Waals surface area contributed by atoms with Crippen molar-refractivity contribution < 1.29 is 9.59 Å². The minimum atomic E-state index is -0.303. The van der Waals surface area contributed by atoms with E-state index < -0.39 is 0 Å². The van der Waals surface area contributed by atoms with E-state index in [4.69, 9.17) is 17.3 Å². The molecule has 1 aliphatic rings. The zero-order valence-corrected chi connectivity index (χ0v) is 11.2. The van der Waals surface area contributed by atoms with Crippen LogP contribution in [0, 0.1) is 17.8 Å². The molecule has 2 rings (SSSR count). The van der Waals surface area contributed by atoms with Gasteiger partial charge in [0.2, 0.25) is 11.8 Å². The maximum Gasteiger partial charge on any atom is 0.237 e. The second kappa shape index (κ2) is 5.43. The molecule has 0 aromatic heterocycles. The summed E-state index contributed by atoms with van der Waals surface area (Å²) in [5.74, 6) is 4.81. The first-order chi connectivity index (χ1) is 9.04. The highest BCUT2D eigenvalue weighted by Gasteiger charge is 2.37. The monoisotopic (exact) mass is 276 g/mol. The van der Waals surface area contributed by atoms with Crippen molar-refractivity contribution in [1.82, 2.24) is 0 Å². The number of nitrogens with zero attached hydrogens (tertiary/aromatic N) is 1. The van der Waals surface area contributed by atoms with Crippen LogP contribution in [0.15, 0.2) is 18.2 Å².